The van der Waals surface area contributed by atoms with Crippen LogP contribution < -0.4 is 19.7 Å². The number of carbonyl (C=O) groups is 1. The first-order chi connectivity index (χ1) is 13.3. The molecule has 1 aromatic carbocycles. The van der Waals surface area contributed by atoms with E-state index in [1.165, 1.54) is 14.7 Å². The van der Waals surface area contributed by atoms with Gasteiger partial charge >= 0.3 is 0 Å². The third kappa shape index (κ3) is 4.88. The van der Waals surface area contributed by atoms with Crippen molar-refractivity contribution >= 4 is 28.6 Å². The van der Waals surface area contributed by atoms with Gasteiger partial charge in [0.05, 0.1) is 9.75 Å². The van der Waals surface area contributed by atoms with Crippen LogP contribution in [0.2, 0.25) is 0 Å². The van der Waals surface area contributed by atoms with E-state index < -0.39 is 0 Å². The smallest absolute Gasteiger partial charge is 0.275 e. The Balaban J connectivity index is 1.34. The van der Waals surface area contributed by atoms with Gasteiger partial charge in [-0.1, -0.05) is 18.2 Å². The molecule has 27 heavy (non-hydrogen) atoms. The lowest BCUT2D eigenvalue weighted by Crippen LogP contribution is -3.10. The Morgan fingerprint density at radius 2 is 1.70 bits per heavy atom. The summed E-state index contributed by atoms with van der Waals surface area (Å²) in [5, 5.41) is 7.19. The highest BCUT2D eigenvalue weighted by Gasteiger charge is 2.18. The predicted octanol–water partition coefficient (Wildman–Crippen LogP) is 2.44. The van der Waals surface area contributed by atoms with Crippen molar-refractivity contribution in [1.29, 1.82) is 0 Å². The number of ether oxygens (including phenoxy) is 2. The zero-order valence-corrected chi connectivity index (χ0v) is 16.4. The summed E-state index contributed by atoms with van der Waals surface area (Å²) in [7, 11) is 0. The molecule has 5 nitrogen and oxygen atoms in total. The van der Waals surface area contributed by atoms with Gasteiger partial charge in [0.2, 0.25) is 6.79 Å². The summed E-state index contributed by atoms with van der Waals surface area (Å²) < 4.78 is 10.7. The van der Waals surface area contributed by atoms with Crippen molar-refractivity contribution in [2.75, 3.05) is 13.3 Å². The number of hydrogen-bond acceptors (Lipinski definition) is 5. The second-order valence-electron chi connectivity index (χ2n) is 6.40. The Morgan fingerprint density at radius 3 is 2.37 bits per heavy atom. The van der Waals surface area contributed by atoms with Gasteiger partial charge in [-0.15, -0.1) is 22.7 Å². The van der Waals surface area contributed by atoms with Gasteiger partial charge in [-0.25, -0.2) is 0 Å². The fourth-order valence-electron chi connectivity index (χ4n) is 3.05. The SMILES string of the molecule is O=C(C[NH+](Cc1cccs1)Cc1cccs1)NCc1ccc2c(c1)OCO2. The molecule has 0 fully saturated rings. The van der Waals surface area contributed by atoms with Crippen LogP contribution in [0.25, 0.3) is 0 Å². The Hall–Kier alpha value is -2.35. The first kappa shape index (κ1) is 18.0. The molecule has 0 bridgehead atoms. The highest BCUT2D eigenvalue weighted by atomic mass is 32.1. The van der Waals surface area contributed by atoms with Gasteiger partial charge in [0, 0.05) is 6.54 Å². The number of nitrogens with one attached hydrogen (secondary N) is 2. The molecule has 3 aromatic rings. The normalized spacial score (nSPS) is 12.5. The van der Waals surface area contributed by atoms with Gasteiger partial charge in [0.15, 0.2) is 18.0 Å². The summed E-state index contributed by atoms with van der Waals surface area (Å²) in [6, 6.07) is 14.1. The molecular formula is C20H21N2O3S2+. The Labute approximate surface area is 166 Å². The number of thiophene rings is 2. The molecular weight excluding hydrogens is 380 g/mol. The van der Waals surface area contributed by atoms with Crippen molar-refractivity contribution in [3.05, 3.63) is 68.5 Å². The monoisotopic (exact) mass is 401 g/mol. The van der Waals surface area contributed by atoms with E-state index in [9.17, 15) is 4.79 Å². The zero-order chi connectivity index (χ0) is 18.5. The number of fused-ring (bicyclic) bond motifs is 1. The third-order valence-electron chi connectivity index (χ3n) is 4.35. The molecule has 0 atom stereocenters. The van der Waals surface area contributed by atoms with Crippen molar-refractivity contribution in [1.82, 2.24) is 5.32 Å². The van der Waals surface area contributed by atoms with Crippen molar-refractivity contribution in [3.63, 3.8) is 0 Å². The molecule has 0 saturated carbocycles. The molecule has 2 aromatic heterocycles. The summed E-state index contributed by atoms with van der Waals surface area (Å²) in [5.41, 5.74) is 1.01. The van der Waals surface area contributed by atoms with E-state index in [0.29, 0.717) is 13.1 Å². The van der Waals surface area contributed by atoms with Crippen LogP contribution in [0.15, 0.2) is 53.2 Å². The van der Waals surface area contributed by atoms with Crippen LogP contribution in [0.4, 0.5) is 0 Å². The van der Waals surface area contributed by atoms with Crippen LogP contribution in [0.5, 0.6) is 11.5 Å². The van der Waals surface area contributed by atoms with E-state index in [1.54, 1.807) is 22.7 Å². The maximum atomic E-state index is 12.5. The van der Waals surface area contributed by atoms with E-state index in [0.717, 1.165) is 30.2 Å². The van der Waals surface area contributed by atoms with E-state index in [2.05, 4.69) is 40.3 Å². The molecule has 0 spiro atoms. The molecule has 0 saturated heterocycles. The summed E-state index contributed by atoms with van der Waals surface area (Å²) in [4.78, 5) is 16.4. The molecule has 1 amide bonds. The fraction of sp³-hybridized carbons (Fsp3) is 0.250. The van der Waals surface area contributed by atoms with Gasteiger partial charge < -0.3 is 19.7 Å². The van der Waals surface area contributed by atoms with Crippen LogP contribution in [-0.4, -0.2) is 19.2 Å². The summed E-state index contributed by atoms with van der Waals surface area (Å²) >= 11 is 3.48. The van der Waals surface area contributed by atoms with Gasteiger partial charge in [-0.3, -0.25) is 4.79 Å². The lowest BCUT2D eigenvalue weighted by atomic mass is 10.2. The van der Waals surface area contributed by atoms with Crippen molar-refractivity contribution in [3.8, 4) is 11.5 Å². The maximum absolute atomic E-state index is 12.5. The van der Waals surface area contributed by atoms with Gasteiger partial charge in [-0.05, 0) is 40.6 Å². The molecule has 0 unspecified atom stereocenters. The lowest BCUT2D eigenvalue weighted by Gasteiger charge is -2.18. The number of amides is 1. The molecule has 1 aliphatic rings. The molecule has 1 aliphatic heterocycles. The second-order valence-corrected chi connectivity index (χ2v) is 8.47. The van der Waals surface area contributed by atoms with Crippen LogP contribution in [0, 0.1) is 0 Å². The Morgan fingerprint density at radius 1 is 1.00 bits per heavy atom. The van der Waals surface area contributed by atoms with Crippen LogP contribution in [0.3, 0.4) is 0 Å². The highest BCUT2D eigenvalue weighted by Crippen LogP contribution is 2.32. The van der Waals surface area contributed by atoms with E-state index in [4.69, 9.17) is 9.47 Å². The molecule has 3 heterocycles. The minimum atomic E-state index is 0.0516. The van der Waals surface area contributed by atoms with Gasteiger partial charge in [-0.2, -0.15) is 0 Å². The molecule has 0 radical (unpaired) electrons. The van der Waals surface area contributed by atoms with E-state index in [1.807, 2.05) is 18.2 Å². The largest absolute Gasteiger partial charge is 0.454 e. The highest BCUT2D eigenvalue weighted by molar-refractivity contribution is 7.10. The Bertz CT molecular complexity index is 843. The average Bonchev–Trinajstić information content (AvgIpc) is 3.42. The maximum Gasteiger partial charge on any atom is 0.275 e. The Kier molecular flexibility index (Phi) is 5.72. The van der Waals surface area contributed by atoms with Crippen molar-refractivity contribution in [2.24, 2.45) is 0 Å². The number of hydrogen-bond donors (Lipinski definition) is 2. The predicted molar refractivity (Wildman–Crippen MR) is 106 cm³/mol. The van der Waals surface area contributed by atoms with Gasteiger partial charge in [0.25, 0.3) is 5.91 Å². The zero-order valence-electron chi connectivity index (χ0n) is 14.8. The fourth-order valence-corrected chi connectivity index (χ4v) is 4.60. The minimum Gasteiger partial charge on any atom is -0.454 e. The third-order valence-corrected chi connectivity index (χ3v) is 6.10. The molecule has 2 N–H and O–H groups in total. The first-order valence-corrected chi connectivity index (χ1v) is 10.6. The molecule has 140 valence electrons. The lowest BCUT2D eigenvalue weighted by molar-refractivity contribution is -0.919. The topological polar surface area (TPSA) is 52.0 Å². The average molecular weight is 402 g/mol. The molecule has 7 heteroatoms. The van der Waals surface area contributed by atoms with E-state index in [-0.39, 0.29) is 12.7 Å². The van der Waals surface area contributed by atoms with E-state index >= 15 is 0 Å². The first-order valence-electron chi connectivity index (χ1n) is 8.80. The summed E-state index contributed by atoms with van der Waals surface area (Å²) in [6.07, 6.45) is 0. The molecule has 4 rings (SSSR count). The van der Waals surface area contributed by atoms with Crippen LogP contribution >= 0.6 is 22.7 Å². The molecule has 0 aliphatic carbocycles. The number of carbonyl (C=O) groups excluding carboxylic acids is 1. The second kappa shape index (κ2) is 8.56. The van der Waals surface area contributed by atoms with Crippen molar-refractivity contribution in [2.45, 2.75) is 19.6 Å². The number of rotatable bonds is 8. The standard InChI is InChI=1S/C20H20N2O3S2/c23-20(21-10-15-5-6-18-19(9-15)25-14-24-18)13-22(11-16-3-1-7-26-16)12-17-4-2-8-27-17/h1-9H,10-14H2,(H,21,23)/p+1. The summed E-state index contributed by atoms with van der Waals surface area (Å²) in [6.45, 7) is 2.90. The van der Waals surface area contributed by atoms with Gasteiger partial charge in [0.1, 0.15) is 13.1 Å². The van der Waals surface area contributed by atoms with Crippen LogP contribution in [-0.2, 0) is 24.4 Å². The van der Waals surface area contributed by atoms with Crippen LogP contribution in [0.1, 0.15) is 15.3 Å². The van der Waals surface area contributed by atoms with Crippen molar-refractivity contribution < 1.29 is 19.2 Å². The minimum absolute atomic E-state index is 0.0516. The summed E-state index contributed by atoms with van der Waals surface area (Å²) in [5.74, 6) is 1.55. The number of benzene rings is 1. The number of quaternary nitrogens is 1. The quantitative estimate of drug-likeness (QED) is 0.610.